The molecular weight excluding hydrogens is 288 g/mol. The molecule has 6 nitrogen and oxygen atoms in total. The normalized spacial score (nSPS) is 16.2. The minimum Gasteiger partial charge on any atom is -0.458 e. The summed E-state index contributed by atoms with van der Waals surface area (Å²) in [5.74, 6) is -1.33. The molecule has 0 unspecified atom stereocenters. The summed E-state index contributed by atoms with van der Waals surface area (Å²) in [6.45, 7) is 1.06. The summed E-state index contributed by atoms with van der Waals surface area (Å²) >= 11 is 0. The maximum atomic E-state index is 11.8. The smallest absolute Gasteiger partial charge is 0.338 e. The van der Waals surface area contributed by atoms with Gasteiger partial charge in [-0.1, -0.05) is 18.2 Å². The predicted octanol–water partition coefficient (Wildman–Crippen LogP) is 1.77. The topological polar surface area (TPSA) is 78.9 Å². The molecule has 1 aliphatic rings. The molecule has 0 radical (unpaired) electrons. The summed E-state index contributed by atoms with van der Waals surface area (Å²) in [7, 11) is 0. The summed E-state index contributed by atoms with van der Waals surface area (Å²) in [6.07, 6.45) is 3.25. The molecule has 0 bridgehead atoms. The van der Waals surface area contributed by atoms with E-state index < -0.39 is 24.0 Å². The van der Waals surface area contributed by atoms with Gasteiger partial charge < -0.3 is 14.2 Å². The Morgan fingerprint density at radius 1 is 1.23 bits per heavy atom. The van der Waals surface area contributed by atoms with E-state index in [2.05, 4.69) is 0 Å². The molecule has 0 aromatic heterocycles. The number of allylic oxidation sites excluding steroid dienone is 1. The quantitative estimate of drug-likeness (QED) is 0.609. The largest absolute Gasteiger partial charge is 0.458 e. The van der Waals surface area contributed by atoms with Crippen molar-refractivity contribution in [2.45, 2.75) is 13.0 Å². The van der Waals surface area contributed by atoms with Crippen LogP contribution in [0.5, 0.6) is 0 Å². The first-order valence-corrected chi connectivity index (χ1v) is 6.55. The van der Waals surface area contributed by atoms with Crippen molar-refractivity contribution in [3.63, 3.8) is 0 Å². The van der Waals surface area contributed by atoms with Crippen molar-refractivity contribution in [2.75, 3.05) is 6.61 Å². The fraction of sp³-hybridized carbons (Fsp3) is 0.188. The number of rotatable bonds is 5. The van der Waals surface area contributed by atoms with Crippen LogP contribution in [0, 0.1) is 0 Å². The Balaban J connectivity index is 1.98. The van der Waals surface area contributed by atoms with E-state index in [0.29, 0.717) is 5.56 Å². The lowest BCUT2D eigenvalue weighted by molar-refractivity contribution is -0.145. The van der Waals surface area contributed by atoms with Crippen molar-refractivity contribution >= 4 is 17.9 Å². The van der Waals surface area contributed by atoms with Gasteiger partial charge in [0.05, 0.1) is 5.56 Å². The molecule has 22 heavy (non-hydrogen) atoms. The van der Waals surface area contributed by atoms with Crippen LogP contribution >= 0.6 is 0 Å². The highest BCUT2D eigenvalue weighted by Crippen LogP contribution is 2.12. The zero-order chi connectivity index (χ0) is 15.9. The molecule has 0 aliphatic carbocycles. The van der Waals surface area contributed by atoms with Crippen molar-refractivity contribution in [3.8, 4) is 0 Å². The maximum Gasteiger partial charge on any atom is 0.338 e. The molecule has 6 heteroatoms. The van der Waals surface area contributed by atoms with E-state index in [1.165, 1.54) is 25.2 Å². The lowest BCUT2D eigenvalue weighted by Gasteiger charge is -2.14. The van der Waals surface area contributed by atoms with Gasteiger partial charge in [-0.2, -0.15) is 0 Å². The first-order valence-electron chi connectivity index (χ1n) is 6.55. The molecule has 0 fully saturated rings. The number of carbonyl (C=O) groups is 3. The van der Waals surface area contributed by atoms with E-state index in [9.17, 15) is 14.4 Å². The van der Waals surface area contributed by atoms with Gasteiger partial charge in [-0.25, -0.2) is 9.59 Å². The van der Waals surface area contributed by atoms with Gasteiger partial charge >= 0.3 is 17.9 Å². The molecule has 1 heterocycles. The van der Waals surface area contributed by atoms with Gasteiger partial charge in [0.1, 0.15) is 12.4 Å². The standard InChI is InChI=1S/C16H14O6/c1-11(17)21-14(9-13-7-8-15(18)22-13)10-20-16(19)12-5-3-2-4-6-12/h2-9,14H,10H2,1H3/t14-/m1/s1. The Morgan fingerprint density at radius 2 is 1.95 bits per heavy atom. The number of hydrogen-bond donors (Lipinski definition) is 0. The molecule has 0 amide bonds. The fourth-order valence-electron chi connectivity index (χ4n) is 1.75. The van der Waals surface area contributed by atoms with E-state index >= 15 is 0 Å². The summed E-state index contributed by atoms with van der Waals surface area (Å²) < 4.78 is 15.0. The fourth-order valence-corrected chi connectivity index (χ4v) is 1.75. The van der Waals surface area contributed by atoms with Crippen LogP contribution in [0.3, 0.4) is 0 Å². The molecule has 1 atom stereocenters. The first kappa shape index (κ1) is 15.5. The van der Waals surface area contributed by atoms with Crippen LogP contribution < -0.4 is 0 Å². The van der Waals surface area contributed by atoms with Crippen LogP contribution in [0.15, 0.2) is 54.3 Å². The highest BCUT2D eigenvalue weighted by Gasteiger charge is 2.17. The van der Waals surface area contributed by atoms with Crippen molar-refractivity contribution in [1.82, 2.24) is 0 Å². The highest BCUT2D eigenvalue weighted by molar-refractivity contribution is 5.89. The molecule has 2 rings (SSSR count). The predicted molar refractivity (Wildman–Crippen MR) is 75.6 cm³/mol. The van der Waals surface area contributed by atoms with E-state index in [4.69, 9.17) is 14.2 Å². The summed E-state index contributed by atoms with van der Waals surface area (Å²) in [5, 5.41) is 0. The average Bonchev–Trinajstić information content (AvgIpc) is 2.90. The number of esters is 3. The summed E-state index contributed by atoms with van der Waals surface area (Å²) in [5.41, 5.74) is 0.393. The van der Waals surface area contributed by atoms with Gasteiger partial charge in [0, 0.05) is 19.1 Å². The second kappa shape index (κ2) is 7.21. The van der Waals surface area contributed by atoms with Crippen molar-refractivity contribution in [2.24, 2.45) is 0 Å². The zero-order valence-electron chi connectivity index (χ0n) is 11.9. The molecular formula is C16H14O6. The lowest BCUT2D eigenvalue weighted by atomic mass is 10.2. The molecule has 0 saturated carbocycles. The lowest BCUT2D eigenvalue weighted by Crippen LogP contribution is -2.23. The highest BCUT2D eigenvalue weighted by atomic mass is 16.6. The third kappa shape index (κ3) is 4.59. The minimum absolute atomic E-state index is 0.178. The Kier molecular flexibility index (Phi) is 5.08. The minimum atomic E-state index is -0.837. The Hall–Kier alpha value is -2.89. The van der Waals surface area contributed by atoms with Crippen LogP contribution in [-0.2, 0) is 23.8 Å². The Morgan fingerprint density at radius 3 is 2.55 bits per heavy atom. The molecule has 1 aromatic carbocycles. The molecule has 0 saturated heterocycles. The van der Waals surface area contributed by atoms with Crippen LogP contribution in [0.4, 0.5) is 0 Å². The van der Waals surface area contributed by atoms with E-state index in [1.807, 2.05) is 0 Å². The third-order valence-corrected chi connectivity index (χ3v) is 2.66. The number of hydrogen-bond acceptors (Lipinski definition) is 6. The zero-order valence-corrected chi connectivity index (χ0v) is 11.9. The Labute approximate surface area is 127 Å². The first-order chi connectivity index (χ1) is 10.5. The monoisotopic (exact) mass is 302 g/mol. The van der Waals surface area contributed by atoms with Gasteiger partial charge in [-0.15, -0.1) is 0 Å². The van der Waals surface area contributed by atoms with Gasteiger partial charge in [-0.3, -0.25) is 4.79 Å². The van der Waals surface area contributed by atoms with Gasteiger partial charge in [-0.05, 0) is 18.2 Å². The third-order valence-electron chi connectivity index (χ3n) is 2.66. The van der Waals surface area contributed by atoms with Crippen LogP contribution in [-0.4, -0.2) is 30.6 Å². The summed E-state index contributed by atoms with van der Waals surface area (Å²) in [4.78, 5) is 33.9. The van der Waals surface area contributed by atoms with E-state index in [0.717, 1.165) is 0 Å². The molecule has 1 aliphatic heterocycles. The van der Waals surface area contributed by atoms with E-state index in [1.54, 1.807) is 30.3 Å². The second-order valence-corrected chi connectivity index (χ2v) is 4.44. The molecule has 0 N–H and O–H groups in total. The summed E-state index contributed by atoms with van der Waals surface area (Å²) in [6, 6.07) is 8.44. The second-order valence-electron chi connectivity index (χ2n) is 4.44. The van der Waals surface area contributed by atoms with Crippen molar-refractivity contribution < 1.29 is 28.6 Å². The van der Waals surface area contributed by atoms with Crippen molar-refractivity contribution in [1.29, 1.82) is 0 Å². The number of cyclic esters (lactones) is 1. The molecule has 0 spiro atoms. The van der Waals surface area contributed by atoms with Crippen LogP contribution in [0.2, 0.25) is 0 Å². The van der Waals surface area contributed by atoms with Crippen LogP contribution in [0.25, 0.3) is 0 Å². The van der Waals surface area contributed by atoms with Crippen LogP contribution in [0.1, 0.15) is 17.3 Å². The number of carbonyl (C=O) groups excluding carboxylic acids is 3. The molecule has 114 valence electrons. The molecule has 1 aromatic rings. The van der Waals surface area contributed by atoms with Gasteiger partial charge in [0.2, 0.25) is 0 Å². The van der Waals surface area contributed by atoms with Gasteiger partial charge in [0.15, 0.2) is 6.10 Å². The Bertz CT molecular complexity index is 629. The number of benzene rings is 1. The SMILES string of the molecule is CC(=O)O[C@H](C=C1C=CC(=O)O1)COC(=O)c1ccccc1. The van der Waals surface area contributed by atoms with Gasteiger partial charge in [0.25, 0.3) is 0 Å². The maximum absolute atomic E-state index is 11.8. The average molecular weight is 302 g/mol. The van der Waals surface area contributed by atoms with E-state index in [-0.39, 0.29) is 12.4 Å². The number of ether oxygens (including phenoxy) is 3. The van der Waals surface area contributed by atoms with Crippen molar-refractivity contribution in [3.05, 3.63) is 59.9 Å².